The van der Waals surface area contributed by atoms with Gasteiger partial charge in [0, 0.05) is 6.61 Å². The van der Waals surface area contributed by atoms with Crippen molar-refractivity contribution in [1.82, 2.24) is 0 Å². The molecule has 0 aliphatic carbocycles. The van der Waals surface area contributed by atoms with Crippen LogP contribution in [0.3, 0.4) is 0 Å². The van der Waals surface area contributed by atoms with E-state index in [1.54, 1.807) is 6.29 Å². The van der Waals surface area contributed by atoms with Crippen molar-refractivity contribution in [2.75, 3.05) is 6.61 Å². The van der Waals surface area contributed by atoms with Gasteiger partial charge in [-0.15, -0.1) is 0 Å². The average Bonchev–Trinajstić information content (AvgIpc) is 1.72. The Hall–Kier alpha value is -0.153. The maximum Gasteiger partial charge on any atom is 0.367 e. The molecule has 3 heteroatoms. The summed E-state index contributed by atoms with van der Waals surface area (Å²) >= 11 is 0. The minimum Gasteiger partial charge on any atom is -0.492 e. The van der Waals surface area contributed by atoms with E-state index in [2.05, 4.69) is 0 Å². The van der Waals surface area contributed by atoms with Gasteiger partial charge in [0.1, 0.15) is 0 Å². The predicted octanol–water partition coefficient (Wildman–Crippen LogP) is -0.592. The highest BCUT2D eigenvalue weighted by Gasteiger charge is 1.90. The van der Waals surface area contributed by atoms with Crippen LogP contribution in [0.2, 0.25) is 0 Å². The lowest BCUT2D eigenvalue weighted by atomic mass is 10.5. The van der Waals surface area contributed by atoms with Gasteiger partial charge >= 0.3 is 10.0 Å². The maximum atomic E-state index is 4.90. The van der Waals surface area contributed by atoms with Crippen molar-refractivity contribution >= 4 is 16.3 Å². The van der Waals surface area contributed by atoms with E-state index in [4.69, 9.17) is 8.54 Å². The molecule has 0 radical (unpaired) electrons. The third-order valence-electron chi connectivity index (χ3n) is 0.573. The minimum atomic E-state index is -0.150. The van der Waals surface area contributed by atoms with Crippen LogP contribution in [0.4, 0.5) is 0 Å². The Bertz CT molecular complexity index is 53.8. The van der Waals surface area contributed by atoms with Crippen LogP contribution in [0.25, 0.3) is 0 Å². The molecule has 1 aliphatic rings. The van der Waals surface area contributed by atoms with Crippen molar-refractivity contribution in [1.29, 1.82) is 0 Å². The zero-order chi connectivity index (χ0) is 4.24. The first kappa shape index (κ1) is 4.02. The summed E-state index contributed by atoms with van der Waals surface area (Å²) in [5, 5.41) is 0. The summed E-state index contributed by atoms with van der Waals surface area (Å²) in [6.07, 6.45) is 2.76. The molecule has 0 saturated heterocycles. The van der Waals surface area contributed by atoms with Crippen molar-refractivity contribution in [3.63, 3.8) is 0 Å². The quantitative estimate of drug-likeness (QED) is 0.227. The van der Waals surface area contributed by atoms with Crippen LogP contribution in [0.1, 0.15) is 6.42 Å². The summed E-state index contributed by atoms with van der Waals surface area (Å²) in [6.45, 7) is 0.856. The molecule has 0 aromatic heterocycles. The molecule has 6 heavy (non-hydrogen) atoms. The summed E-state index contributed by atoms with van der Waals surface area (Å²) in [6, 6.07) is 0. The molecule has 0 atom stereocenters. The summed E-state index contributed by atoms with van der Waals surface area (Å²) in [5.41, 5.74) is 0. The second-order valence-corrected chi connectivity index (χ2v) is 1.86. The molecule has 1 heterocycles. The van der Waals surface area contributed by atoms with Crippen LogP contribution in [0, 0.1) is 0 Å². The van der Waals surface area contributed by atoms with Gasteiger partial charge in [-0.3, -0.25) is 0 Å². The Balaban J connectivity index is 2.26. The van der Waals surface area contributed by atoms with Gasteiger partial charge in [-0.1, -0.05) is 0 Å². The van der Waals surface area contributed by atoms with Crippen LogP contribution in [-0.4, -0.2) is 22.9 Å². The molecular weight excluding hydrogens is 96.1 g/mol. The molecular formula is C3H6O2Si. The molecule has 0 saturated carbocycles. The zero-order valence-electron chi connectivity index (χ0n) is 3.39. The maximum absolute atomic E-state index is 4.90. The number of rotatable bonds is 0. The summed E-state index contributed by atoms with van der Waals surface area (Å²) in [7, 11) is -0.150. The third-order valence-corrected chi connectivity index (χ3v) is 1.25. The highest BCUT2D eigenvalue weighted by molar-refractivity contribution is 6.15. The van der Waals surface area contributed by atoms with Crippen molar-refractivity contribution in [3.8, 4) is 0 Å². The van der Waals surface area contributed by atoms with Crippen molar-refractivity contribution in [2.45, 2.75) is 6.42 Å². The van der Waals surface area contributed by atoms with Crippen LogP contribution in [0.5, 0.6) is 0 Å². The summed E-state index contributed by atoms with van der Waals surface area (Å²) in [5.74, 6) is 0. The van der Waals surface area contributed by atoms with Gasteiger partial charge in [-0.2, -0.15) is 0 Å². The van der Waals surface area contributed by atoms with E-state index in [1.807, 2.05) is 0 Å². The first-order chi connectivity index (χ1) is 3.00. The molecule has 0 fully saturated rings. The van der Waals surface area contributed by atoms with E-state index in [9.17, 15) is 0 Å². The summed E-state index contributed by atoms with van der Waals surface area (Å²) < 4.78 is 9.70. The largest absolute Gasteiger partial charge is 0.492 e. The lowest BCUT2D eigenvalue weighted by Crippen LogP contribution is -2.08. The summed E-state index contributed by atoms with van der Waals surface area (Å²) in [4.78, 5) is 0. The molecule has 0 aromatic rings. The van der Waals surface area contributed by atoms with Crippen molar-refractivity contribution in [2.24, 2.45) is 0 Å². The standard InChI is InChI=1S/C3H6O2Si/c1-2-4-6-5-3-1/h2,6H,1,3H2. The van der Waals surface area contributed by atoms with Gasteiger partial charge in [0.25, 0.3) is 0 Å². The first-order valence-electron chi connectivity index (χ1n) is 1.90. The molecule has 0 amide bonds. The van der Waals surface area contributed by atoms with Gasteiger partial charge < -0.3 is 8.54 Å². The molecule has 34 valence electrons. The topological polar surface area (TPSA) is 20.5 Å². The molecule has 1 aliphatic heterocycles. The highest BCUT2D eigenvalue weighted by Crippen LogP contribution is 1.79. The minimum absolute atomic E-state index is 0.150. The molecule has 0 aromatic carbocycles. The normalized spacial score (nSPS) is 20.0. The molecule has 0 spiro atoms. The molecule has 1 rings (SSSR count). The number of carbonyl (C=O) groups excluding carboxylic acids is 1. The van der Waals surface area contributed by atoms with E-state index in [-0.39, 0.29) is 10.0 Å². The third kappa shape index (κ3) is 0.912. The van der Waals surface area contributed by atoms with Gasteiger partial charge in [-0.25, -0.2) is 0 Å². The number of hydrogen-bond donors (Lipinski definition) is 0. The Morgan fingerprint density at radius 3 is 3.00 bits per heavy atom. The second kappa shape index (κ2) is 2.10. The smallest absolute Gasteiger partial charge is 0.367 e. The van der Waals surface area contributed by atoms with Gasteiger partial charge in [0.15, 0.2) is 0 Å². The number of aldehydes is 1. The zero-order valence-corrected chi connectivity index (χ0v) is 4.54. The fourth-order valence-corrected chi connectivity index (χ4v) is 0.836. The predicted molar refractivity (Wildman–Crippen MR) is 23.8 cm³/mol. The van der Waals surface area contributed by atoms with Crippen LogP contribution < -0.4 is 0 Å². The van der Waals surface area contributed by atoms with Crippen molar-refractivity contribution in [3.05, 3.63) is 0 Å². The van der Waals surface area contributed by atoms with E-state index >= 15 is 0 Å². The lowest BCUT2D eigenvalue weighted by molar-refractivity contribution is -0.306. The molecule has 0 bridgehead atoms. The first-order valence-corrected chi connectivity index (χ1v) is 2.85. The Morgan fingerprint density at radius 2 is 2.83 bits per heavy atom. The fourth-order valence-electron chi connectivity index (χ4n) is 0.311. The van der Waals surface area contributed by atoms with Crippen LogP contribution in [0.15, 0.2) is 0 Å². The van der Waals surface area contributed by atoms with Gasteiger partial charge in [-0.05, 0) is 0 Å². The van der Waals surface area contributed by atoms with Crippen molar-refractivity contribution < 1.29 is 8.54 Å². The Labute approximate surface area is 38.9 Å². The SMILES string of the molecule is C1=[O+][SiH-]OCC1. The fraction of sp³-hybridized carbons (Fsp3) is 0.667. The molecule has 0 N–H and O–H groups in total. The van der Waals surface area contributed by atoms with Crippen LogP contribution in [-0.2, 0) is 8.54 Å². The Morgan fingerprint density at radius 1 is 1.83 bits per heavy atom. The van der Waals surface area contributed by atoms with Gasteiger partial charge in [0.2, 0.25) is 6.29 Å². The Kier molecular flexibility index (Phi) is 1.41. The lowest BCUT2D eigenvalue weighted by Gasteiger charge is -2.01. The van der Waals surface area contributed by atoms with E-state index < -0.39 is 0 Å². The molecule has 0 unspecified atom stereocenters. The molecule has 2 nitrogen and oxygen atoms in total. The second-order valence-electron chi connectivity index (χ2n) is 1.06. The monoisotopic (exact) mass is 102 g/mol. The van der Waals surface area contributed by atoms with E-state index in [1.165, 1.54) is 0 Å². The highest BCUT2D eigenvalue weighted by atomic mass is 28.2. The average molecular weight is 102 g/mol. The van der Waals surface area contributed by atoms with Crippen LogP contribution >= 0.6 is 0 Å². The van der Waals surface area contributed by atoms with E-state index in [0.29, 0.717) is 0 Å². The number of hydrogen-bond acceptors (Lipinski definition) is 1. The van der Waals surface area contributed by atoms with E-state index in [0.717, 1.165) is 13.0 Å². The van der Waals surface area contributed by atoms with Gasteiger partial charge in [0.05, 0.1) is 6.42 Å².